The van der Waals surface area contributed by atoms with Crippen molar-refractivity contribution in [3.05, 3.63) is 53.6 Å². The molecular weight excluding hydrogens is 463 g/mol. The highest BCUT2D eigenvalue weighted by Crippen LogP contribution is 2.36. The van der Waals surface area contributed by atoms with E-state index in [0.717, 1.165) is 42.4 Å². The normalized spacial score (nSPS) is 21.1. The molecule has 34 heavy (non-hydrogen) atoms. The fourth-order valence-electron chi connectivity index (χ4n) is 4.52. The molecule has 0 spiro atoms. The Balaban J connectivity index is 0.00000158. The van der Waals surface area contributed by atoms with Gasteiger partial charge in [0.1, 0.15) is 17.6 Å². The van der Waals surface area contributed by atoms with Gasteiger partial charge in [0.25, 0.3) is 0 Å². The lowest BCUT2D eigenvalue weighted by Gasteiger charge is -2.33. The summed E-state index contributed by atoms with van der Waals surface area (Å²) in [6, 6.07) is 14.7. The van der Waals surface area contributed by atoms with Crippen molar-refractivity contribution in [2.75, 3.05) is 23.0 Å². The molecule has 2 aromatic rings. The predicted octanol–water partition coefficient (Wildman–Crippen LogP) is 7.57. The summed E-state index contributed by atoms with van der Waals surface area (Å²) in [5, 5.41) is 6.15. The molecule has 0 N–H and O–H groups in total. The molecule has 2 aliphatic rings. The van der Waals surface area contributed by atoms with E-state index in [0.29, 0.717) is 12.1 Å². The summed E-state index contributed by atoms with van der Waals surface area (Å²) in [5.41, 5.74) is 1.09. The van der Waals surface area contributed by atoms with Crippen molar-refractivity contribution < 1.29 is 17.9 Å². The zero-order valence-corrected chi connectivity index (χ0v) is 20.9. The van der Waals surface area contributed by atoms with E-state index in [1.165, 1.54) is 5.01 Å². The number of hydrazone groups is 1. The van der Waals surface area contributed by atoms with Crippen LogP contribution in [-0.2, 0) is 0 Å². The van der Waals surface area contributed by atoms with Crippen LogP contribution in [0.3, 0.4) is 0 Å². The third kappa shape index (κ3) is 5.98. The second kappa shape index (κ2) is 11.3. The summed E-state index contributed by atoms with van der Waals surface area (Å²) >= 11 is 5.97. The lowest BCUT2D eigenvalue weighted by atomic mass is 9.95. The number of alkyl halides is 3. The molecule has 186 valence electrons. The van der Waals surface area contributed by atoms with Gasteiger partial charge in [-0.3, -0.25) is 5.01 Å². The number of anilines is 2. The Kier molecular flexibility index (Phi) is 8.74. The smallest absolute Gasteiger partial charge is 0.431 e. The Labute approximate surface area is 205 Å². The average molecular weight is 496 g/mol. The van der Waals surface area contributed by atoms with Crippen LogP contribution >= 0.6 is 11.6 Å². The molecule has 1 unspecified atom stereocenters. The van der Waals surface area contributed by atoms with E-state index < -0.39 is 17.8 Å². The second-order valence-corrected chi connectivity index (χ2v) is 8.80. The van der Waals surface area contributed by atoms with Crippen LogP contribution in [0.4, 0.5) is 24.5 Å². The van der Waals surface area contributed by atoms with Gasteiger partial charge in [-0.25, -0.2) is 0 Å². The minimum Gasteiger partial charge on any atom is -0.490 e. The van der Waals surface area contributed by atoms with E-state index in [9.17, 15) is 13.2 Å². The minimum absolute atomic E-state index is 0.106. The summed E-state index contributed by atoms with van der Waals surface area (Å²) < 4.78 is 46.0. The highest BCUT2D eigenvalue weighted by molar-refractivity contribution is 6.30. The van der Waals surface area contributed by atoms with Crippen LogP contribution in [0.5, 0.6) is 5.75 Å². The Morgan fingerprint density at radius 2 is 1.53 bits per heavy atom. The lowest BCUT2D eigenvalue weighted by molar-refractivity contribution is -0.0620. The molecule has 4 nitrogen and oxygen atoms in total. The maximum Gasteiger partial charge on any atom is 0.431 e. The first-order valence-electron chi connectivity index (χ1n) is 12.0. The van der Waals surface area contributed by atoms with Crippen molar-refractivity contribution in [2.45, 2.75) is 65.3 Å². The van der Waals surface area contributed by atoms with Crippen molar-refractivity contribution in [2.24, 2.45) is 11.0 Å². The van der Waals surface area contributed by atoms with Crippen LogP contribution in [0.2, 0.25) is 5.02 Å². The van der Waals surface area contributed by atoms with Gasteiger partial charge >= 0.3 is 6.18 Å². The van der Waals surface area contributed by atoms with Crippen LogP contribution in [-0.4, -0.2) is 37.1 Å². The van der Waals surface area contributed by atoms with E-state index in [-0.39, 0.29) is 12.1 Å². The summed E-state index contributed by atoms with van der Waals surface area (Å²) in [5.74, 6) is 0.0563. The van der Waals surface area contributed by atoms with E-state index in [2.05, 4.69) is 10.0 Å². The van der Waals surface area contributed by atoms with Crippen LogP contribution < -0.4 is 14.6 Å². The van der Waals surface area contributed by atoms with E-state index in [4.69, 9.17) is 16.3 Å². The van der Waals surface area contributed by atoms with Crippen molar-refractivity contribution in [3.63, 3.8) is 0 Å². The molecule has 0 saturated carbocycles. The molecule has 1 fully saturated rings. The van der Waals surface area contributed by atoms with Gasteiger partial charge in [0.15, 0.2) is 0 Å². The van der Waals surface area contributed by atoms with Gasteiger partial charge in [-0.15, -0.1) is 0 Å². The van der Waals surface area contributed by atoms with Gasteiger partial charge in [0.05, 0.1) is 11.7 Å². The van der Waals surface area contributed by atoms with Crippen LogP contribution in [0.15, 0.2) is 53.6 Å². The van der Waals surface area contributed by atoms with Crippen LogP contribution in [0.25, 0.3) is 0 Å². The first kappa shape index (κ1) is 26.2. The first-order valence-corrected chi connectivity index (χ1v) is 12.4. The molecule has 0 bridgehead atoms. The molecular formula is C26H33ClF3N3O. The van der Waals surface area contributed by atoms with E-state index in [1.807, 2.05) is 57.2 Å². The molecule has 2 aromatic carbocycles. The number of piperidine rings is 1. The summed E-state index contributed by atoms with van der Waals surface area (Å²) in [4.78, 5) is 2.31. The minimum atomic E-state index is -4.41. The largest absolute Gasteiger partial charge is 0.490 e. The van der Waals surface area contributed by atoms with Gasteiger partial charge < -0.3 is 9.64 Å². The SMILES string of the molecule is CC.CC[C@H]1C(C)C(C(F)(F)F)=NN1c1ccc(OC2CCN(c3ccc(Cl)cc3)CC2)cc1. The lowest BCUT2D eigenvalue weighted by Crippen LogP contribution is -2.38. The average Bonchev–Trinajstić information content (AvgIpc) is 3.18. The standard InChI is InChI=1S/C24H27ClF3N3O.C2H6/c1-3-22-16(2)23(24(26,27)28)29-31(22)19-8-10-20(11-9-19)32-21-12-14-30(15-13-21)18-6-4-17(25)5-7-18;1-2/h4-11,16,21-22H,3,12-15H2,1-2H3;1-2H3/t16?,22-;/m0./s1. The molecule has 0 aromatic heterocycles. The molecule has 2 aliphatic heterocycles. The Morgan fingerprint density at radius 3 is 2.06 bits per heavy atom. The molecule has 1 saturated heterocycles. The van der Waals surface area contributed by atoms with Crippen LogP contribution in [0, 0.1) is 5.92 Å². The maximum absolute atomic E-state index is 13.3. The molecule has 2 atom stereocenters. The van der Waals surface area contributed by atoms with Gasteiger partial charge in [-0.2, -0.15) is 18.3 Å². The topological polar surface area (TPSA) is 28.1 Å². The van der Waals surface area contributed by atoms with Crippen molar-refractivity contribution in [1.82, 2.24) is 0 Å². The first-order chi connectivity index (χ1) is 16.3. The van der Waals surface area contributed by atoms with E-state index >= 15 is 0 Å². The Morgan fingerprint density at radius 1 is 0.971 bits per heavy atom. The molecule has 2 heterocycles. The summed E-state index contributed by atoms with van der Waals surface area (Å²) in [6.07, 6.45) is -1.94. The zero-order chi connectivity index (χ0) is 24.9. The third-order valence-electron chi connectivity index (χ3n) is 6.28. The number of hydrogen-bond acceptors (Lipinski definition) is 4. The van der Waals surface area contributed by atoms with Crippen LogP contribution in [0.1, 0.15) is 47.0 Å². The van der Waals surface area contributed by atoms with Crippen molar-refractivity contribution in [3.8, 4) is 5.75 Å². The number of halogens is 4. The highest BCUT2D eigenvalue weighted by Gasteiger charge is 2.47. The highest BCUT2D eigenvalue weighted by atomic mass is 35.5. The van der Waals surface area contributed by atoms with Crippen molar-refractivity contribution in [1.29, 1.82) is 0 Å². The summed E-state index contributed by atoms with van der Waals surface area (Å²) in [7, 11) is 0. The van der Waals surface area contributed by atoms with Gasteiger partial charge in [0, 0.05) is 42.6 Å². The number of benzene rings is 2. The number of ether oxygens (including phenoxy) is 1. The monoisotopic (exact) mass is 495 g/mol. The molecule has 8 heteroatoms. The summed E-state index contributed by atoms with van der Waals surface area (Å²) in [6.45, 7) is 9.26. The zero-order valence-electron chi connectivity index (χ0n) is 20.1. The molecule has 0 amide bonds. The number of nitrogens with zero attached hydrogens (tertiary/aromatic N) is 3. The number of hydrogen-bond donors (Lipinski definition) is 0. The Bertz CT molecular complexity index is 939. The van der Waals surface area contributed by atoms with Gasteiger partial charge in [0.2, 0.25) is 0 Å². The molecule has 0 aliphatic carbocycles. The fraction of sp³-hybridized carbons (Fsp3) is 0.500. The van der Waals surface area contributed by atoms with E-state index in [1.54, 1.807) is 19.1 Å². The van der Waals surface area contributed by atoms with Gasteiger partial charge in [-0.05, 0) is 55.0 Å². The second-order valence-electron chi connectivity index (χ2n) is 8.37. The number of rotatable bonds is 5. The quantitative estimate of drug-likeness (QED) is 0.428. The van der Waals surface area contributed by atoms with Gasteiger partial charge in [-0.1, -0.05) is 39.3 Å². The molecule has 0 radical (unpaired) electrons. The predicted molar refractivity (Wildman–Crippen MR) is 134 cm³/mol. The third-order valence-corrected chi connectivity index (χ3v) is 6.54. The fourth-order valence-corrected chi connectivity index (χ4v) is 4.65. The molecule has 4 rings (SSSR count). The Hall–Kier alpha value is -2.41. The maximum atomic E-state index is 13.3. The van der Waals surface area contributed by atoms with Crippen molar-refractivity contribution >= 4 is 28.7 Å².